The normalized spacial score (nSPS) is 10.6. The lowest BCUT2D eigenvalue weighted by Gasteiger charge is -2.04. The minimum atomic E-state index is 0.286. The second-order valence-corrected chi connectivity index (χ2v) is 3.96. The monoisotopic (exact) mass is 221 g/mol. The number of hydrogen-bond acceptors (Lipinski definition) is 2. The van der Waals surface area contributed by atoms with Crippen LogP contribution in [0.5, 0.6) is 5.75 Å². The van der Waals surface area contributed by atoms with Crippen LogP contribution in [0.3, 0.4) is 0 Å². The van der Waals surface area contributed by atoms with Gasteiger partial charge in [-0.3, -0.25) is 4.98 Å². The predicted octanol–water partition coefficient (Wildman–Crippen LogP) is 3.61. The molecule has 2 heteroatoms. The molecule has 3 aromatic rings. The molecule has 0 atom stereocenters. The van der Waals surface area contributed by atoms with Crippen LogP contribution < -0.4 is 0 Å². The average Bonchev–Trinajstić information content (AvgIpc) is 2.38. The molecule has 0 radical (unpaired) electrons. The number of benzene rings is 2. The van der Waals surface area contributed by atoms with Crippen molar-refractivity contribution >= 4 is 10.9 Å². The third-order valence-corrected chi connectivity index (χ3v) is 2.78. The van der Waals surface area contributed by atoms with Gasteiger partial charge < -0.3 is 5.11 Å². The highest BCUT2D eigenvalue weighted by Gasteiger charge is 2.00. The van der Waals surface area contributed by atoms with E-state index in [1.54, 1.807) is 18.3 Å². The van der Waals surface area contributed by atoms with Crippen LogP contribution in [0, 0.1) is 0 Å². The Bertz CT molecular complexity index is 676. The fraction of sp³-hybridized carbons (Fsp3) is 0. The molecule has 2 nitrogen and oxygen atoms in total. The molecule has 3 rings (SSSR count). The van der Waals surface area contributed by atoms with Gasteiger partial charge in [0, 0.05) is 11.6 Å². The number of pyridine rings is 1. The zero-order valence-electron chi connectivity index (χ0n) is 9.17. The minimum absolute atomic E-state index is 0.286. The van der Waals surface area contributed by atoms with E-state index in [0.717, 1.165) is 22.0 Å². The second-order valence-electron chi connectivity index (χ2n) is 3.96. The Hall–Kier alpha value is -2.35. The lowest BCUT2D eigenvalue weighted by molar-refractivity contribution is 0.475. The minimum Gasteiger partial charge on any atom is -0.508 e. The summed E-state index contributed by atoms with van der Waals surface area (Å²) in [5.41, 5.74) is 3.08. The van der Waals surface area contributed by atoms with Crippen molar-refractivity contribution in [3.05, 3.63) is 60.8 Å². The van der Waals surface area contributed by atoms with E-state index in [0.29, 0.717) is 0 Å². The predicted molar refractivity (Wildman–Crippen MR) is 68.8 cm³/mol. The van der Waals surface area contributed by atoms with Crippen LogP contribution in [-0.2, 0) is 0 Å². The van der Waals surface area contributed by atoms with E-state index in [1.165, 1.54) is 0 Å². The van der Waals surface area contributed by atoms with Crippen LogP contribution in [0.15, 0.2) is 60.8 Å². The number of aromatic hydroxyl groups is 1. The summed E-state index contributed by atoms with van der Waals surface area (Å²) in [5, 5.41) is 10.6. The number of aromatic nitrogens is 1. The summed E-state index contributed by atoms with van der Waals surface area (Å²) in [7, 11) is 0. The second kappa shape index (κ2) is 3.91. The summed E-state index contributed by atoms with van der Waals surface area (Å²) in [6, 6.07) is 17.3. The molecule has 0 aliphatic carbocycles. The van der Waals surface area contributed by atoms with Gasteiger partial charge in [-0.15, -0.1) is 0 Å². The molecule has 0 saturated carbocycles. The molecule has 82 valence electrons. The topological polar surface area (TPSA) is 33.1 Å². The van der Waals surface area contributed by atoms with Crippen LogP contribution in [0.2, 0.25) is 0 Å². The molecule has 0 aliphatic heterocycles. The molecule has 2 aromatic carbocycles. The van der Waals surface area contributed by atoms with Gasteiger partial charge in [-0.2, -0.15) is 0 Å². The highest BCUT2D eigenvalue weighted by Crippen LogP contribution is 2.25. The molecule has 0 unspecified atom stereocenters. The highest BCUT2D eigenvalue weighted by molar-refractivity contribution is 5.84. The van der Waals surface area contributed by atoms with Crippen molar-refractivity contribution in [2.75, 3.05) is 0 Å². The number of fused-ring (bicyclic) bond motifs is 1. The van der Waals surface area contributed by atoms with Gasteiger partial charge in [0.1, 0.15) is 5.75 Å². The van der Waals surface area contributed by atoms with E-state index in [9.17, 15) is 5.11 Å². The first kappa shape index (κ1) is 9.85. The Kier molecular flexibility index (Phi) is 2.26. The van der Waals surface area contributed by atoms with Gasteiger partial charge in [0.2, 0.25) is 0 Å². The van der Waals surface area contributed by atoms with Crippen molar-refractivity contribution in [2.45, 2.75) is 0 Å². The van der Waals surface area contributed by atoms with Crippen molar-refractivity contribution < 1.29 is 5.11 Å². The van der Waals surface area contributed by atoms with E-state index in [2.05, 4.69) is 11.1 Å². The van der Waals surface area contributed by atoms with Crippen LogP contribution in [0.25, 0.3) is 22.0 Å². The molecule has 1 heterocycles. The van der Waals surface area contributed by atoms with Crippen LogP contribution in [0.1, 0.15) is 0 Å². The Labute approximate surface area is 99.2 Å². The lowest BCUT2D eigenvalue weighted by atomic mass is 10.0. The maximum Gasteiger partial charge on any atom is 0.116 e. The van der Waals surface area contributed by atoms with E-state index < -0.39 is 0 Å². The quantitative estimate of drug-likeness (QED) is 0.681. The summed E-state index contributed by atoms with van der Waals surface area (Å²) in [6.07, 6.45) is 1.79. The number of hydrogen-bond donors (Lipinski definition) is 1. The molecule has 0 aliphatic rings. The first-order chi connectivity index (χ1) is 8.33. The van der Waals surface area contributed by atoms with Crippen LogP contribution >= 0.6 is 0 Å². The molecule has 0 amide bonds. The van der Waals surface area contributed by atoms with Crippen LogP contribution in [0.4, 0.5) is 0 Å². The van der Waals surface area contributed by atoms with Crippen molar-refractivity contribution in [1.29, 1.82) is 0 Å². The number of phenols is 1. The Morgan fingerprint density at radius 1 is 0.824 bits per heavy atom. The van der Waals surface area contributed by atoms with Crippen LogP contribution in [-0.4, -0.2) is 10.1 Å². The third kappa shape index (κ3) is 1.85. The standard InChI is InChI=1S/C15H11NO/c17-14-5-1-3-11(10-14)12-6-7-15-13(9-12)4-2-8-16-15/h1-10,17H. The van der Waals surface area contributed by atoms with Gasteiger partial charge in [-0.25, -0.2) is 0 Å². The maximum atomic E-state index is 9.48. The van der Waals surface area contributed by atoms with Crippen molar-refractivity contribution in [1.82, 2.24) is 4.98 Å². The summed E-state index contributed by atoms with van der Waals surface area (Å²) in [6.45, 7) is 0. The Morgan fingerprint density at radius 3 is 2.59 bits per heavy atom. The first-order valence-electron chi connectivity index (χ1n) is 5.47. The van der Waals surface area contributed by atoms with Crippen molar-refractivity contribution in [3.8, 4) is 16.9 Å². The maximum absolute atomic E-state index is 9.48. The van der Waals surface area contributed by atoms with Gasteiger partial charge in [0.15, 0.2) is 0 Å². The number of rotatable bonds is 1. The summed E-state index contributed by atoms with van der Waals surface area (Å²) < 4.78 is 0. The summed E-state index contributed by atoms with van der Waals surface area (Å²) in [5.74, 6) is 0.286. The fourth-order valence-corrected chi connectivity index (χ4v) is 1.94. The van der Waals surface area contributed by atoms with Gasteiger partial charge in [0.25, 0.3) is 0 Å². The number of nitrogens with zero attached hydrogens (tertiary/aromatic N) is 1. The molecule has 1 aromatic heterocycles. The van der Waals surface area contributed by atoms with Crippen molar-refractivity contribution in [3.63, 3.8) is 0 Å². The molecule has 0 bridgehead atoms. The summed E-state index contributed by atoms with van der Waals surface area (Å²) >= 11 is 0. The molecular formula is C15H11NO. The molecule has 0 fully saturated rings. The van der Waals surface area contributed by atoms with E-state index in [4.69, 9.17) is 0 Å². The van der Waals surface area contributed by atoms with Gasteiger partial charge in [-0.05, 0) is 41.5 Å². The van der Waals surface area contributed by atoms with E-state index in [-0.39, 0.29) is 5.75 Å². The van der Waals surface area contributed by atoms with Gasteiger partial charge in [-0.1, -0.05) is 24.3 Å². The average molecular weight is 221 g/mol. The molecule has 17 heavy (non-hydrogen) atoms. The lowest BCUT2D eigenvalue weighted by Crippen LogP contribution is -1.80. The van der Waals surface area contributed by atoms with E-state index in [1.807, 2.05) is 36.4 Å². The number of phenolic OH excluding ortho intramolecular Hbond substituents is 1. The fourth-order valence-electron chi connectivity index (χ4n) is 1.94. The first-order valence-corrected chi connectivity index (χ1v) is 5.47. The van der Waals surface area contributed by atoms with E-state index >= 15 is 0 Å². The molecule has 0 spiro atoms. The van der Waals surface area contributed by atoms with Crippen molar-refractivity contribution in [2.24, 2.45) is 0 Å². The Balaban J connectivity index is 2.18. The Morgan fingerprint density at radius 2 is 1.71 bits per heavy atom. The van der Waals surface area contributed by atoms with Gasteiger partial charge in [0.05, 0.1) is 5.52 Å². The zero-order valence-corrected chi connectivity index (χ0v) is 9.17. The SMILES string of the molecule is Oc1cccc(-c2ccc3ncccc3c2)c1. The molecule has 1 N–H and O–H groups in total. The third-order valence-electron chi connectivity index (χ3n) is 2.78. The van der Waals surface area contributed by atoms with Gasteiger partial charge >= 0.3 is 0 Å². The molecular weight excluding hydrogens is 210 g/mol. The zero-order chi connectivity index (χ0) is 11.7. The smallest absolute Gasteiger partial charge is 0.116 e. The molecule has 0 saturated heterocycles. The highest BCUT2D eigenvalue weighted by atomic mass is 16.3. The largest absolute Gasteiger partial charge is 0.508 e. The summed E-state index contributed by atoms with van der Waals surface area (Å²) in [4.78, 5) is 4.28.